The maximum absolute atomic E-state index is 4.85. The summed E-state index contributed by atoms with van der Waals surface area (Å²) < 4.78 is 2.73. The van der Waals surface area contributed by atoms with Crippen molar-refractivity contribution in [3.8, 4) is 11.3 Å². The summed E-state index contributed by atoms with van der Waals surface area (Å²) >= 11 is 0.202. The van der Waals surface area contributed by atoms with Gasteiger partial charge in [0.1, 0.15) is 0 Å². The van der Waals surface area contributed by atoms with Crippen LogP contribution >= 0.6 is 0 Å². The molecule has 0 unspecified atom stereocenters. The molecule has 0 radical (unpaired) electrons. The Morgan fingerprint density at radius 2 is 1.75 bits per heavy atom. The molecule has 0 aliphatic carbocycles. The molecular weight excluding hydrogens is 457 g/mol. The summed E-state index contributed by atoms with van der Waals surface area (Å²) in [6.07, 6.45) is 2.81. The van der Waals surface area contributed by atoms with Gasteiger partial charge in [-0.25, -0.2) is 0 Å². The van der Waals surface area contributed by atoms with Gasteiger partial charge in [-0.05, 0) is 0 Å². The standard InChI is InChI=1S/C28H29N3Se/c1-16(2)22-13-20(12-19-9-7-17(3)31-24(19)22)25-27-26(30-15-29-25)21-10-8-18(11-23(21)32-27)14-28(4,5)6/h7-13,15-16H,14H2,1-6H3. The van der Waals surface area contributed by atoms with E-state index < -0.39 is 0 Å². The number of hydrogen-bond acceptors (Lipinski definition) is 3. The molecule has 0 saturated carbocycles. The predicted octanol–water partition coefficient (Wildman–Crippen LogP) is 7.08. The average Bonchev–Trinajstić information content (AvgIpc) is 3.09. The van der Waals surface area contributed by atoms with Crippen molar-refractivity contribution in [3.05, 3.63) is 65.6 Å². The maximum atomic E-state index is 4.85. The molecule has 0 atom stereocenters. The van der Waals surface area contributed by atoms with Gasteiger partial charge in [0.05, 0.1) is 0 Å². The molecule has 32 heavy (non-hydrogen) atoms. The van der Waals surface area contributed by atoms with E-state index in [1.54, 1.807) is 6.33 Å². The second-order valence-electron chi connectivity index (χ2n) is 10.3. The number of rotatable bonds is 3. The number of pyridine rings is 1. The van der Waals surface area contributed by atoms with E-state index in [2.05, 4.69) is 84.0 Å². The van der Waals surface area contributed by atoms with Gasteiger partial charge in [-0.15, -0.1) is 0 Å². The van der Waals surface area contributed by atoms with Crippen LogP contribution in [-0.4, -0.2) is 29.5 Å². The van der Waals surface area contributed by atoms with Crippen molar-refractivity contribution in [2.75, 3.05) is 0 Å². The third kappa shape index (κ3) is 3.87. The number of fused-ring (bicyclic) bond motifs is 4. The van der Waals surface area contributed by atoms with Gasteiger partial charge in [-0.2, -0.15) is 0 Å². The van der Waals surface area contributed by atoms with Gasteiger partial charge in [-0.1, -0.05) is 0 Å². The molecule has 0 N–H and O–H groups in total. The normalized spacial score (nSPS) is 12.5. The first-order chi connectivity index (χ1) is 15.2. The van der Waals surface area contributed by atoms with Crippen LogP contribution < -0.4 is 0 Å². The summed E-state index contributed by atoms with van der Waals surface area (Å²) in [6.45, 7) is 13.4. The molecule has 5 rings (SSSR count). The second kappa shape index (κ2) is 7.79. The summed E-state index contributed by atoms with van der Waals surface area (Å²) in [5.41, 5.74) is 8.50. The summed E-state index contributed by atoms with van der Waals surface area (Å²) in [6, 6.07) is 15.8. The van der Waals surface area contributed by atoms with Gasteiger partial charge in [0.2, 0.25) is 0 Å². The molecule has 3 nitrogen and oxygen atoms in total. The Labute approximate surface area is 195 Å². The number of benzene rings is 2. The Morgan fingerprint density at radius 3 is 2.50 bits per heavy atom. The van der Waals surface area contributed by atoms with Crippen molar-refractivity contribution in [1.29, 1.82) is 0 Å². The number of aryl methyl sites for hydroxylation is 1. The SMILES string of the molecule is Cc1ccc2cc(-c3ncnc4c3[se]c3cc(CC(C)(C)C)ccc34)cc(C(C)C)c2n1. The van der Waals surface area contributed by atoms with E-state index in [-0.39, 0.29) is 19.9 Å². The Morgan fingerprint density at radius 1 is 0.938 bits per heavy atom. The van der Waals surface area contributed by atoms with Crippen molar-refractivity contribution in [2.24, 2.45) is 5.41 Å². The van der Waals surface area contributed by atoms with E-state index in [4.69, 9.17) is 15.0 Å². The van der Waals surface area contributed by atoms with Crippen molar-refractivity contribution in [1.82, 2.24) is 15.0 Å². The molecule has 162 valence electrons. The van der Waals surface area contributed by atoms with Crippen molar-refractivity contribution in [2.45, 2.75) is 53.9 Å². The summed E-state index contributed by atoms with van der Waals surface area (Å²) in [5, 5.41) is 2.46. The zero-order chi connectivity index (χ0) is 22.6. The molecule has 4 heteroatoms. The van der Waals surface area contributed by atoms with Gasteiger partial charge in [0, 0.05) is 0 Å². The van der Waals surface area contributed by atoms with Crippen LogP contribution in [-0.2, 0) is 6.42 Å². The molecule has 0 amide bonds. The van der Waals surface area contributed by atoms with Crippen LogP contribution in [0.15, 0.2) is 48.8 Å². The molecule has 0 aliphatic rings. The topological polar surface area (TPSA) is 38.7 Å². The molecule has 0 bridgehead atoms. The fourth-order valence-corrected chi connectivity index (χ4v) is 7.07. The third-order valence-corrected chi connectivity index (χ3v) is 8.32. The van der Waals surface area contributed by atoms with Gasteiger partial charge < -0.3 is 0 Å². The minimum absolute atomic E-state index is 0.202. The first-order valence-corrected chi connectivity index (χ1v) is 13.0. The summed E-state index contributed by atoms with van der Waals surface area (Å²) in [5.74, 6) is 0.393. The van der Waals surface area contributed by atoms with Gasteiger partial charge in [0.15, 0.2) is 0 Å². The van der Waals surface area contributed by atoms with Crippen molar-refractivity contribution >= 4 is 44.8 Å². The number of hydrogen-bond donors (Lipinski definition) is 0. The zero-order valence-corrected chi connectivity index (χ0v) is 21.4. The third-order valence-electron chi connectivity index (χ3n) is 5.91. The van der Waals surface area contributed by atoms with Gasteiger partial charge in [-0.3, -0.25) is 0 Å². The van der Waals surface area contributed by atoms with E-state index in [9.17, 15) is 0 Å². The van der Waals surface area contributed by atoms with Crippen LogP contribution in [0.2, 0.25) is 0 Å². The van der Waals surface area contributed by atoms with Crippen LogP contribution in [0.4, 0.5) is 0 Å². The van der Waals surface area contributed by atoms with E-state index in [1.165, 1.54) is 36.0 Å². The van der Waals surface area contributed by atoms with E-state index in [0.717, 1.165) is 28.8 Å². The van der Waals surface area contributed by atoms with Crippen LogP contribution in [0.25, 0.3) is 41.6 Å². The number of nitrogens with zero attached hydrogens (tertiary/aromatic N) is 3. The fourth-order valence-electron chi connectivity index (χ4n) is 4.48. The van der Waals surface area contributed by atoms with Crippen molar-refractivity contribution in [3.63, 3.8) is 0 Å². The molecule has 0 fully saturated rings. The van der Waals surface area contributed by atoms with Crippen LogP contribution in [0.3, 0.4) is 0 Å². The number of aromatic nitrogens is 3. The molecule has 0 spiro atoms. The Balaban J connectivity index is 1.73. The summed E-state index contributed by atoms with van der Waals surface area (Å²) in [7, 11) is 0. The monoisotopic (exact) mass is 487 g/mol. The van der Waals surface area contributed by atoms with Gasteiger partial charge >= 0.3 is 196 Å². The Hall–Kier alpha value is -2.55. The first-order valence-electron chi connectivity index (χ1n) is 11.3. The van der Waals surface area contributed by atoms with Crippen LogP contribution in [0.1, 0.15) is 57.4 Å². The Bertz CT molecular complexity index is 1470. The Kier molecular flexibility index (Phi) is 5.19. The predicted molar refractivity (Wildman–Crippen MR) is 137 cm³/mol. The molecule has 3 heterocycles. The second-order valence-corrected chi connectivity index (χ2v) is 12.5. The molecule has 0 aliphatic heterocycles. The quantitative estimate of drug-likeness (QED) is 0.256. The van der Waals surface area contributed by atoms with Crippen LogP contribution in [0.5, 0.6) is 0 Å². The molecule has 2 aromatic carbocycles. The molecule has 3 aromatic heterocycles. The van der Waals surface area contributed by atoms with E-state index in [1.807, 2.05) is 0 Å². The van der Waals surface area contributed by atoms with Crippen molar-refractivity contribution < 1.29 is 0 Å². The molecule has 5 aromatic rings. The summed E-state index contributed by atoms with van der Waals surface area (Å²) in [4.78, 5) is 14.4. The van der Waals surface area contributed by atoms with E-state index >= 15 is 0 Å². The van der Waals surface area contributed by atoms with Gasteiger partial charge in [0.25, 0.3) is 0 Å². The minimum atomic E-state index is 0.202. The molecule has 0 saturated heterocycles. The van der Waals surface area contributed by atoms with Crippen LogP contribution in [0, 0.1) is 12.3 Å². The first kappa shape index (κ1) is 21.3. The molecular formula is C28H29N3Se. The average molecular weight is 487 g/mol. The van der Waals surface area contributed by atoms with E-state index in [0.29, 0.717) is 5.92 Å². The zero-order valence-electron chi connectivity index (χ0n) is 19.7. The fraction of sp³-hybridized carbons (Fsp3) is 0.321.